The number of nitrogens with zero attached hydrogens (tertiary/aromatic N) is 2. The SMILES string of the molecule is O=S(=O)(O)c1ccc2[nH]c(O)c(N=Nc3c(Cl)cccc3Cl)c2c1. The van der Waals surface area contributed by atoms with Gasteiger partial charge in [0.1, 0.15) is 5.69 Å². The van der Waals surface area contributed by atoms with Crippen molar-refractivity contribution in [1.29, 1.82) is 0 Å². The monoisotopic (exact) mass is 385 g/mol. The number of aromatic hydroxyl groups is 1. The predicted molar refractivity (Wildman–Crippen MR) is 90.4 cm³/mol. The van der Waals surface area contributed by atoms with Gasteiger partial charge in [0.2, 0.25) is 5.88 Å². The van der Waals surface area contributed by atoms with Gasteiger partial charge in [-0.2, -0.15) is 8.42 Å². The Kier molecular flexibility index (Phi) is 4.22. The summed E-state index contributed by atoms with van der Waals surface area (Å²) in [7, 11) is -4.39. The standard InChI is InChI=1S/C14H9Cl2N3O4S/c15-9-2-1-3-10(16)13(9)19-18-12-8-6-7(24(21,22)23)4-5-11(8)17-14(12)20/h1-6,17,20H,(H,21,22,23). The van der Waals surface area contributed by atoms with Gasteiger partial charge in [-0.1, -0.05) is 29.3 Å². The first-order valence-corrected chi connectivity index (χ1v) is 8.65. The molecule has 124 valence electrons. The van der Waals surface area contributed by atoms with E-state index in [0.717, 1.165) is 0 Å². The molecule has 1 aromatic heterocycles. The highest BCUT2D eigenvalue weighted by Crippen LogP contribution is 2.39. The number of H-pyrrole nitrogens is 1. The van der Waals surface area contributed by atoms with Crippen molar-refractivity contribution in [3.8, 4) is 5.88 Å². The Hall–Kier alpha value is -2.13. The van der Waals surface area contributed by atoms with Gasteiger partial charge in [0.05, 0.1) is 20.5 Å². The van der Waals surface area contributed by atoms with E-state index in [2.05, 4.69) is 15.2 Å². The average Bonchev–Trinajstić information content (AvgIpc) is 2.81. The van der Waals surface area contributed by atoms with E-state index in [1.54, 1.807) is 18.2 Å². The van der Waals surface area contributed by atoms with E-state index in [1.165, 1.54) is 18.2 Å². The van der Waals surface area contributed by atoms with Crippen LogP contribution in [-0.4, -0.2) is 23.1 Å². The van der Waals surface area contributed by atoms with E-state index in [-0.39, 0.29) is 37.6 Å². The van der Waals surface area contributed by atoms with Gasteiger partial charge >= 0.3 is 0 Å². The summed E-state index contributed by atoms with van der Waals surface area (Å²) in [6, 6.07) is 8.55. The van der Waals surface area contributed by atoms with Gasteiger partial charge in [0.25, 0.3) is 10.1 Å². The predicted octanol–water partition coefficient (Wildman–Crippen LogP) is 4.84. The Labute approximate surface area is 146 Å². The van der Waals surface area contributed by atoms with Crippen LogP contribution in [0.4, 0.5) is 11.4 Å². The second-order valence-corrected chi connectivity index (χ2v) is 7.01. The molecular weight excluding hydrogens is 377 g/mol. The Morgan fingerprint density at radius 1 is 1.00 bits per heavy atom. The molecule has 0 saturated carbocycles. The van der Waals surface area contributed by atoms with Crippen molar-refractivity contribution in [1.82, 2.24) is 4.98 Å². The minimum atomic E-state index is -4.39. The zero-order valence-corrected chi connectivity index (χ0v) is 14.1. The summed E-state index contributed by atoms with van der Waals surface area (Å²) in [5.41, 5.74) is 0.617. The summed E-state index contributed by atoms with van der Waals surface area (Å²) >= 11 is 12.0. The van der Waals surface area contributed by atoms with Crippen LogP contribution >= 0.6 is 23.2 Å². The first-order valence-electron chi connectivity index (χ1n) is 6.45. The molecule has 0 amide bonds. The first-order chi connectivity index (χ1) is 11.3. The highest BCUT2D eigenvalue weighted by molar-refractivity contribution is 7.85. The van der Waals surface area contributed by atoms with Crippen LogP contribution in [0.25, 0.3) is 10.9 Å². The fourth-order valence-electron chi connectivity index (χ4n) is 2.09. The Bertz CT molecular complexity index is 1060. The molecule has 1 heterocycles. The number of aromatic amines is 1. The molecule has 0 radical (unpaired) electrons. The second-order valence-electron chi connectivity index (χ2n) is 4.77. The highest BCUT2D eigenvalue weighted by Gasteiger charge is 2.16. The van der Waals surface area contributed by atoms with Crippen molar-refractivity contribution in [2.75, 3.05) is 0 Å². The van der Waals surface area contributed by atoms with E-state index >= 15 is 0 Å². The van der Waals surface area contributed by atoms with Gasteiger partial charge in [0.15, 0.2) is 5.69 Å². The molecule has 10 heteroatoms. The van der Waals surface area contributed by atoms with Crippen LogP contribution in [-0.2, 0) is 10.1 Å². The molecule has 3 N–H and O–H groups in total. The number of nitrogens with one attached hydrogen (secondary N) is 1. The van der Waals surface area contributed by atoms with E-state index in [1.807, 2.05) is 0 Å². The number of halogens is 2. The zero-order valence-electron chi connectivity index (χ0n) is 11.7. The third kappa shape index (κ3) is 3.09. The molecule has 0 unspecified atom stereocenters. The van der Waals surface area contributed by atoms with Crippen molar-refractivity contribution >= 4 is 55.6 Å². The molecule has 0 bridgehead atoms. The highest BCUT2D eigenvalue weighted by atomic mass is 35.5. The molecule has 0 atom stereocenters. The smallest absolute Gasteiger partial charge is 0.294 e. The van der Waals surface area contributed by atoms with Gasteiger partial charge < -0.3 is 10.1 Å². The van der Waals surface area contributed by atoms with E-state index < -0.39 is 10.1 Å². The van der Waals surface area contributed by atoms with Crippen molar-refractivity contribution in [2.24, 2.45) is 10.2 Å². The van der Waals surface area contributed by atoms with Crippen molar-refractivity contribution in [3.63, 3.8) is 0 Å². The van der Waals surface area contributed by atoms with Crippen LogP contribution in [0.15, 0.2) is 51.5 Å². The number of benzene rings is 2. The third-order valence-corrected chi connectivity index (χ3v) is 4.67. The quantitative estimate of drug-likeness (QED) is 0.441. The molecule has 3 rings (SSSR count). The van der Waals surface area contributed by atoms with Gasteiger partial charge in [-0.3, -0.25) is 4.55 Å². The zero-order chi connectivity index (χ0) is 17.5. The lowest BCUT2D eigenvalue weighted by Crippen LogP contribution is -1.96. The molecule has 0 saturated heterocycles. The third-order valence-electron chi connectivity index (χ3n) is 3.21. The van der Waals surface area contributed by atoms with Crippen LogP contribution < -0.4 is 0 Å². The van der Waals surface area contributed by atoms with Crippen molar-refractivity contribution in [2.45, 2.75) is 4.90 Å². The summed E-state index contributed by atoms with van der Waals surface area (Å²) in [6.45, 7) is 0. The van der Waals surface area contributed by atoms with Gasteiger partial charge in [-0.25, -0.2) is 0 Å². The Morgan fingerprint density at radius 3 is 2.25 bits per heavy atom. The fourth-order valence-corrected chi connectivity index (χ4v) is 3.07. The average molecular weight is 386 g/mol. The number of hydrogen-bond acceptors (Lipinski definition) is 5. The number of fused-ring (bicyclic) bond motifs is 1. The van der Waals surface area contributed by atoms with Crippen molar-refractivity contribution in [3.05, 3.63) is 46.4 Å². The number of azo groups is 1. The Morgan fingerprint density at radius 2 is 1.62 bits per heavy atom. The van der Waals surface area contributed by atoms with Crippen LogP contribution in [0.5, 0.6) is 5.88 Å². The Balaban J connectivity index is 2.15. The normalized spacial score (nSPS) is 12.3. The summed E-state index contributed by atoms with van der Waals surface area (Å²) in [4.78, 5) is 2.30. The van der Waals surface area contributed by atoms with E-state index in [4.69, 9.17) is 27.8 Å². The van der Waals surface area contributed by atoms with Crippen molar-refractivity contribution < 1.29 is 18.1 Å². The van der Waals surface area contributed by atoms with Gasteiger partial charge in [-0.15, -0.1) is 10.2 Å². The summed E-state index contributed by atoms with van der Waals surface area (Å²) in [6.07, 6.45) is 0. The van der Waals surface area contributed by atoms with Crippen LogP contribution in [0.1, 0.15) is 0 Å². The van der Waals surface area contributed by atoms with Gasteiger partial charge in [0, 0.05) is 5.39 Å². The van der Waals surface area contributed by atoms with Crippen LogP contribution in [0.2, 0.25) is 10.0 Å². The molecule has 0 aliphatic carbocycles. The summed E-state index contributed by atoms with van der Waals surface area (Å²) in [5, 5.41) is 18.6. The molecule has 0 fully saturated rings. The fraction of sp³-hybridized carbons (Fsp3) is 0. The van der Waals surface area contributed by atoms with Crippen LogP contribution in [0.3, 0.4) is 0 Å². The number of rotatable bonds is 3. The molecule has 7 nitrogen and oxygen atoms in total. The topological polar surface area (TPSA) is 115 Å². The first kappa shape index (κ1) is 16.7. The maximum absolute atomic E-state index is 11.3. The lowest BCUT2D eigenvalue weighted by Gasteiger charge is -1.99. The summed E-state index contributed by atoms with van der Waals surface area (Å²) in [5.74, 6) is -0.315. The van der Waals surface area contributed by atoms with E-state index in [9.17, 15) is 13.5 Å². The van der Waals surface area contributed by atoms with Gasteiger partial charge in [-0.05, 0) is 30.3 Å². The molecule has 2 aromatic carbocycles. The molecule has 24 heavy (non-hydrogen) atoms. The number of aromatic nitrogens is 1. The molecule has 0 aliphatic rings. The van der Waals surface area contributed by atoms with Crippen LogP contribution in [0, 0.1) is 0 Å². The minimum absolute atomic E-state index is 0.00788. The molecule has 3 aromatic rings. The lowest BCUT2D eigenvalue weighted by atomic mass is 10.2. The maximum atomic E-state index is 11.3. The number of hydrogen-bond donors (Lipinski definition) is 3. The minimum Gasteiger partial charge on any atom is -0.493 e. The second kappa shape index (κ2) is 6.06. The molecular formula is C14H9Cl2N3O4S. The summed E-state index contributed by atoms with van der Waals surface area (Å²) < 4.78 is 31.7. The molecule has 0 aliphatic heterocycles. The molecule has 0 spiro atoms. The maximum Gasteiger partial charge on any atom is 0.294 e. The lowest BCUT2D eigenvalue weighted by molar-refractivity contribution is 0.459. The van der Waals surface area contributed by atoms with E-state index in [0.29, 0.717) is 5.52 Å². The largest absolute Gasteiger partial charge is 0.493 e.